The summed E-state index contributed by atoms with van der Waals surface area (Å²) in [4.78, 5) is 44.4. The zero-order valence-electron chi connectivity index (χ0n) is 7.35. The molecule has 15 heavy (non-hydrogen) atoms. The van der Waals surface area contributed by atoms with Gasteiger partial charge in [-0.25, -0.2) is 0 Å². The molecule has 6 N–H and O–H groups in total. The van der Waals surface area contributed by atoms with E-state index in [1.807, 2.05) is 5.32 Å². The SMILES string of the molecule is O=C(O)CCNC(P(=O)(O)O)P(=O)(O)O. The summed E-state index contributed by atoms with van der Waals surface area (Å²) in [6.45, 7) is -0.448. The summed E-state index contributed by atoms with van der Waals surface area (Å²) in [6, 6.07) is 0. The Kier molecular flexibility index (Phi) is 5.08. The van der Waals surface area contributed by atoms with Crippen molar-refractivity contribution in [1.29, 1.82) is 0 Å². The summed E-state index contributed by atoms with van der Waals surface area (Å²) in [5, 5.41) is 10.0. The van der Waals surface area contributed by atoms with E-state index < -0.39 is 39.7 Å². The molecule has 9 nitrogen and oxygen atoms in total. The molecule has 0 rings (SSSR count). The highest BCUT2D eigenvalue weighted by molar-refractivity contribution is 7.70. The van der Waals surface area contributed by atoms with Crippen molar-refractivity contribution in [1.82, 2.24) is 5.32 Å². The first-order chi connectivity index (χ1) is 6.55. The second-order valence-corrected chi connectivity index (χ2v) is 6.45. The molecule has 0 saturated heterocycles. The smallest absolute Gasteiger partial charge is 0.354 e. The lowest BCUT2D eigenvalue weighted by molar-refractivity contribution is -0.136. The van der Waals surface area contributed by atoms with Crippen molar-refractivity contribution >= 4 is 21.2 Å². The van der Waals surface area contributed by atoms with Gasteiger partial charge in [0, 0.05) is 6.54 Å². The van der Waals surface area contributed by atoms with Crippen LogP contribution in [-0.2, 0) is 13.9 Å². The topological polar surface area (TPSA) is 164 Å². The predicted molar refractivity (Wildman–Crippen MR) is 48.1 cm³/mol. The molecule has 0 fully saturated rings. The van der Waals surface area contributed by atoms with E-state index in [9.17, 15) is 13.9 Å². The Hall–Kier alpha value is -0.270. The first-order valence-corrected chi connectivity index (χ1v) is 6.97. The van der Waals surface area contributed by atoms with Crippen LogP contribution in [0.25, 0.3) is 0 Å². The minimum atomic E-state index is -5.02. The van der Waals surface area contributed by atoms with Gasteiger partial charge in [-0.3, -0.25) is 19.2 Å². The van der Waals surface area contributed by atoms with Crippen LogP contribution in [0.1, 0.15) is 6.42 Å². The van der Waals surface area contributed by atoms with Crippen LogP contribution in [0.3, 0.4) is 0 Å². The van der Waals surface area contributed by atoms with Gasteiger partial charge in [0.2, 0.25) is 5.52 Å². The fourth-order valence-electron chi connectivity index (χ4n) is 0.742. The van der Waals surface area contributed by atoms with Crippen molar-refractivity contribution in [2.45, 2.75) is 11.9 Å². The highest BCUT2D eigenvalue weighted by atomic mass is 31.2. The molecule has 0 amide bonds. The number of nitrogens with one attached hydrogen (secondary N) is 1. The van der Waals surface area contributed by atoms with E-state index in [0.29, 0.717) is 0 Å². The third-order valence-electron chi connectivity index (χ3n) is 1.30. The fraction of sp³-hybridized carbons (Fsp3) is 0.750. The fourth-order valence-corrected chi connectivity index (χ4v) is 3.04. The Balaban J connectivity index is 4.50. The van der Waals surface area contributed by atoms with Crippen molar-refractivity contribution < 1.29 is 38.6 Å². The van der Waals surface area contributed by atoms with E-state index in [1.165, 1.54) is 0 Å². The first-order valence-electron chi connectivity index (χ1n) is 3.61. The van der Waals surface area contributed by atoms with E-state index in [0.717, 1.165) is 0 Å². The summed E-state index contributed by atoms with van der Waals surface area (Å²) >= 11 is 0. The molecule has 0 radical (unpaired) electrons. The number of carboxylic acid groups (broad SMARTS) is 1. The Labute approximate surface area is 84.4 Å². The standard InChI is InChI=1S/C4H11NO8P2/c6-3(7)1-2-5-4(14(8,9)10)15(11,12)13/h4-5H,1-2H2,(H,6,7)(H2,8,9,10)(H2,11,12,13). The average Bonchev–Trinajstić information content (AvgIpc) is 1.92. The van der Waals surface area contributed by atoms with Crippen molar-refractivity contribution in [3.8, 4) is 0 Å². The summed E-state index contributed by atoms with van der Waals surface area (Å²) in [5.41, 5.74) is -2.36. The lowest BCUT2D eigenvalue weighted by atomic mass is 10.4. The van der Waals surface area contributed by atoms with Gasteiger partial charge in [-0.2, -0.15) is 0 Å². The minimum Gasteiger partial charge on any atom is -0.481 e. The van der Waals surface area contributed by atoms with Crippen molar-refractivity contribution in [2.24, 2.45) is 0 Å². The van der Waals surface area contributed by atoms with Crippen LogP contribution >= 0.6 is 15.2 Å². The normalized spacial score (nSPS) is 13.1. The van der Waals surface area contributed by atoms with Gasteiger partial charge in [-0.05, 0) is 0 Å². The molecule has 0 aromatic heterocycles. The molecule has 0 aromatic rings. The summed E-state index contributed by atoms with van der Waals surface area (Å²) in [6.07, 6.45) is -0.503. The summed E-state index contributed by atoms with van der Waals surface area (Å²) in [7, 11) is -10.0. The van der Waals surface area contributed by atoms with Crippen LogP contribution in [0.2, 0.25) is 0 Å². The van der Waals surface area contributed by atoms with Gasteiger partial charge in [0.1, 0.15) is 0 Å². The number of aliphatic carboxylic acids is 1. The number of hydrogen-bond donors (Lipinski definition) is 6. The quantitative estimate of drug-likeness (QED) is 0.319. The van der Waals surface area contributed by atoms with Gasteiger partial charge < -0.3 is 24.7 Å². The van der Waals surface area contributed by atoms with E-state index in [2.05, 4.69) is 0 Å². The Morgan fingerprint density at radius 3 is 1.80 bits per heavy atom. The van der Waals surface area contributed by atoms with Crippen molar-refractivity contribution in [3.63, 3.8) is 0 Å². The van der Waals surface area contributed by atoms with Gasteiger partial charge in [0.15, 0.2) is 0 Å². The zero-order chi connectivity index (χ0) is 12.3. The second kappa shape index (κ2) is 5.18. The first kappa shape index (κ1) is 14.7. The molecule has 0 saturated carbocycles. The van der Waals surface area contributed by atoms with Gasteiger partial charge in [0.25, 0.3) is 0 Å². The molecule has 0 heterocycles. The molecule has 0 bridgehead atoms. The summed E-state index contributed by atoms with van der Waals surface area (Å²) < 4.78 is 21.3. The van der Waals surface area contributed by atoms with Crippen LogP contribution in [0.15, 0.2) is 0 Å². The molecule has 0 aliphatic rings. The Bertz CT molecular complexity index is 295. The molecule has 0 unspecified atom stereocenters. The highest BCUT2D eigenvalue weighted by Gasteiger charge is 2.42. The third kappa shape index (κ3) is 6.01. The lowest BCUT2D eigenvalue weighted by Gasteiger charge is -2.20. The van der Waals surface area contributed by atoms with E-state index in [1.54, 1.807) is 0 Å². The molecule has 11 heteroatoms. The van der Waals surface area contributed by atoms with Gasteiger partial charge in [0.05, 0.1) is 6.42 Å². The zero-order valence-corrected chi connectivity index (χ0v) is 9.14. The van der Waals surface area contributed by atoms with Gasteiger partial charge in [-0.1, -0.05) is 0 Å². The van der Waals surface area contributed by atoms with Crippen LogP contribution in [0.5, 0.6) is 0 Å². The van der Waals surface area contributed by atoms with Crippen molar-refractivity contribution in [2.75, 3.05) is 6.54 Å². The number of carboxylic acids is 1. The van der Waals surface area contributed by atoms with E-state index in [-0.39, 0.29) is 0 Å². The van der Waals surface area contributed by atoms with E-state index in [4.69, 9.17) is 24.7 Å². The maximum atomic E-state index is 10.6. The van der Waals surface area contributed by atoms with Crippen LogP contribution in [-0.4, -0.2) is 42.7 Å². The number of rotatable bonds is 6. The summed E-state index contributed by atoms with van der Waals surface area (Å²) in [5.74, 6) is -1.25. The molecule has 90 valence electrons. The third-order valence-corrected chi connectivity index (χ3v) is 4.75. The lowest BCUT2D eigenvalue weighted by Crippen LogP contribution is -2.30. The monoisotopic (exact) mass is 263 g/mol. The molecule has 0 spiro atoms. The number of hydrogen-bond acceptors (Lipinski definition) is 4. The average molecular weight is 263 g/mol. The van der Waals surface area contributed by atoms with Crippen LogP contribution in [0, 0.1) is 0 Å². The molecular weight excluding hydrogens is 252 g/mol. The predicted octanol–water partition coefficient (Wildman–Crippen LogP) is -1.31. The second-order valence-electron chi connectivity index (χ2n) is 2.65. The molecule has 0 aromatic carbocycles. The maximum Gasteiger partial charge on any atom is 0.354 e. The van der Waals surface area contributed by atoms with Crippen LogP contribution < -0.4 is 5.32 Å². The molecule has 0 aliphatic carbocycles. The molecule has 0 atom stereocenters. The minimum absolute atomic E-state index is 0.448. The van der Waals surface area contributed by atoms with Gasteiger partial charge >= 0.3 is 21.2 Å². The highest BCUT2D eigenvalue weighted by Crippen LogP contribution is 2.58. The van der Waals surface area contributed by atoms with Crippen molar-refractivity contribution in [3.05, 3.63) is 0 Å². The molecule has 0 aliphatic heterocycles. The van der Waals surface area contributed by atoms with Crippen LogP contribution in [0.4, 0.5) is 0 Å². The Morgan fingerprint density at radius 2 is 1.53 bits per heavy atom. The van der Waals surface area contributed by atoms with Gasteiger partial charge in [-0.15, -0.1) is 0 Å². The maximum absolute atomic E-state index is 10.6. The molecular formula is C4H11NO8P2. The number of carbonyl (C=O) groups is 1. The Morgan fingerprint density at radius 1 is 1.13 bits per heavy atom. The largest absolute Gasteiger partial charge is 0.481 e. The van der Waals surface area contributed by atoms with E-state index >= 15 is 0 Å².